The van der Waals surface area contributed by atoms with E-state index in [9.17, 15) is 10.2 Å². The van der Waals surface area contributed by atoms with E-state index in [1.165, 1.54) is 0 Å². The largest absolute Gasteiger partial charge is 0.507 e. The third kappa shape index (κ3) is 2.25. The van der Waals surface area contributed by atoms with Crippen LogP contribution in [0.4, 0.5) is 0 Å². The molecule has 78 valence electrons. The molecule has 0 spiro atoms. The maximum atomic E-state index is 9.70. The van der Waals surface area contributed by atoms with Gasteiger partial charge in [-0.3, -0.25) is 0 Å². The van der Waals surface area contributed by atoms with Crippen molar-refractivity contribution in [3.8, 4) is 5.75 Å². The van der Waals surface area contributed by atoms with Crippen LogP contribution in [0.5, 0.6) is 5.75 Å². The van der Waals surface area contributed by atoms with E-state index in [0.717, 1.165) is 16.7 Å². The second-order valence-electron chi connectivity index (χ2n) is 3.60. The summed E-state index contributed by atoms with van der Waals surface area (Å²) in [5.41, 5.74) is 7.76. The number of rotatable bonds is 3. The Morgan fingerprint density at radius 1 is 1.29 bits per heavy atom. The lowest BCUT2D eigenvalue weighted by Crippen LogP contribution is -2.07. The van der Waals surface area contributed by atoms with E-state index in [1.54, 1.807) is 12.1 Å². The topological polar surface area (TPSA) is 66.5 Å². The fourth-order valence-electron chi connectivity index (χ4n) is 1.51. The Hall–Kier alpha value is -1.06. The molecular weight excluding hydrogens is 178 g/mol. The van der Waals surface area contributed by atoms with Gasteiger partial charge in [-0.2, -0.15) is 0 Å². The third-order valence-corrected chi connectivity index (χ3v) is 2.34. The predicted octanol–water partition coefficient (Wildman–Crippen LogP) is 1.39. The molecule has 0 amide bonds. The summed E-state index contributed by atoms with van der Waals surface area (Å²) < 4.78 is 0. The molecule has 0 aliphatic rings. The quantitative estimate of drug-likeness (QED) is 0.682. The van der Waals surface area contributed by atoms with Crippen molar-refractivity contribution in [3.05, 3.63) is 28.8 Å². The zero-order chi connectivity index (χ0) is 10.7. The van der Waals surface area contributed by atoms with Gasteiger partial charge in [0.1, 0.15) is 5.75 Å². The monoisotopic (exact) mass is 195 g/mol. The number of hydrogen-bond donors (Lipinski definition) is 3. The normalized spacial score (nSPS) is 12.9. The molecule has 0 saturated carbocycles. The average Bonchev–Trinajstić information content (AvgIpc) is 2.13. The van der Waals surface area contributed by atoms with Crippen molar-refractivity contribution < 1.29 is 10.2 Å². The van der Waals surface area contributed by atoms with Gasteiger partial charge in [-0.05, 0) is 55.6 Å². The highest BCUT2D eigenvalue weighted by molar-refractivity contribution is 5.42. The molecule has 4 N–H and O–H groups in total. The smallest absolute Gasteiger partial charge is 0.121 e. The van der Waals surface area contributed by atoms with Crippen molar-refractivity contribution in [1.82, 2.24) is 0 Å². The van der Waals surface area contributed by atoms with Gasteiger partial charge < -0.3 is 15.9 Å². The van der Waals surface area contributed by atoms with Crippen LogP contribution in [0.2, 0.25) is 0 Å². The maximum Gasteiger partial charge on any atom is 0.121 e. The second kappa shape index (κ2) is 4.44. The Bertz CT molecular complexity index is 300. The van der Waals surface area contributed by atoms with Crippen LogP contribution >= 0.6 is 0 Å². The van der Waals surface area contributed by atoms with Crippen molar-refractivity contribution in [1.29, 1.82) is 0 Å². The van der Waals surface area contributed by atoms with Crippen molar-refractivity contribution in [2.45, 2.75) is 26.4 Å². The van der Waals surface area contributed by atoms with Gasteiger partial charge >= 0.3 is 0 Å². The van der Waals surface area contributed by atoms with E-state index in [-0.39, 0.29) is 0 Å². The first-order chi connectivity index (χ1) is 6.56. The fourth-order valence-corrected chi connectivity index (χ4v) is 1.51. The molecule has 0 bridgehead atoms. The van der Waals surface area contributed by atoms with Crippen LogP contribution in [0.15, 0.2) is 12.1 Å². The van der Waals surface area contributed by atoms with Gasteiger partial charge in [0.05, 0.1) is 6.10 Å². The SMILES string of the molecule is Cc1cc([C@@H](O)CCN)cc(C)c1O. The molecule has 3 nitrogen and oxygen atoms in total. The van der Waals surface area contributed by atoms with Gasteiger partial charge in [-0.1, -0.05) is 0 Å². The Labute approximate surface area is 84.2 Å². The summed E-state index contributed by atoms with van der Waals surface area (Å²) in [6.07, 6.45) is 0.0157. The number of hydrogen-bond acceptors (Lipinski definition) is 3. The highest BCUT2D eigenvalue weighted by atomic mass is 16.3. The molecule has 1 aromatic carbocycles. The Morgan fingerprint density at radius 2 is 1.79 bits per heavy atom. The minimum Gasteiger partial charge on any atom is -0.507 e. The van der Waals surface area contributed by atoms with E-state index in [2.05, 4.69) is 0 Å². The lowest BCUT2D eigenvalue weighted by atomic mass is 10.0. The van der Waals surface area contributed by atoms with E-state index < -0.39 is 6.10 Å². The molecule has 0 fully saturated rings. The average molecular weight is 195 g/mol. The van der Waals surface area contributed by atoms with Gasteiger partial charge in [0, 0.05) is 0 Å². The minimum atomic E-state index is -0.530. The minimum absolute atomic E-state index is 0.300. The molecule has 0 saturated heterocycles. The zero-order valence-corrected chi connectivity index (χ0v) is 8.62. The molecule has 0 aliphatic heterocycles. The Kier molecular flexibility index (Phi) is 3.49. The first-order valence-corrected chi connectivity index (χ1v) is 4.74. The molecule has 0 radical (unpaired) electrons. The van der Waals surface area contributed by atoms with Crippen LogP contribution in [-0.2, 0) is 0 Å². The summed E-state index contributed by atoms with van der Waals surface area (Å²) >= 11 is 0. The molecule has 3 heteroatoms. The van der Waals surface area contributed by atoms with Crippen molar-refractivity contribution in [2.24, 2.45) is 5.73 Å². The molecule has 0 aromatic heterocycles. The molecule has 1 rings (SSSR count). The summed E-state index contributed by atoms with van der Waals surface area (Å²) in [7, 11) is 0. The molecule has 14 heavy (non-hydrogen) atoms. The predicted molar refractivity (Wildman–Crippen MR) is 56.2 cm³/mol. The second-order valence-corrected chi connectivity index (χ2v) is 3.60. The fraction of sp³-hybridized carbons (Fsp3) is 0.455. The highest BCUT2D eigenvalue weighted by Crippen LogP contribution is 2.26. The van der Waals surface area contributed by atoms with E-state index in [4.69, 9.17) is 5.73 Å². The standard InChI is InChI=1S/C11H17NO2/c1-7-5-9(10(13)3-4-12)6-8(2)11(7)14/h5-6,10,13-14H,3-4,12H2,1-2H3/t10-/m0/s1. The number of aromatic hydroxyl groups is 1. The summed E-state index contributed by atoms with van der Waals surface area (Å²) in [6, 6.07) is 3.59. The number of aliphatic hydroxyl groups excluding tert-OH is 1. The van der Waals surface area contributed by atoms with E-state index in [1.807, 2.05) is 13.8 Å². The molecule has 0 heterocycles. The van der Waals surface area contributed by atoms with Gasteiger partial charge in [0.2, 0.25) is 0 Å². The lowest BCUT2D eigenvalue weighted by Gasteiger charge is -2.12. The van der Waals surface area contributed by atoms with E-state index >= 15 is 0 Å². The van der Waals surface area contributed by atoms with Gasteiger partial charge in [0.25, 0.3) is 0 Å². The van der Waals surface area contributed by atoms with Crippen LogP contribution < -0.4 is 5.73 Å². The Balaban J connectivity index is 3.00. The summed E-state index contributed by atoms with van der Waals surface area (Å²) in [5, 5.41) is 19.2. The first kappa shape index (κ1) is 11.0. The number of aliphatic hydroxyl groups is 1. The van der Waals surface area contributed by atoms with Gasteiger partial charge in [0.15, 0.2) is 0 Å². The van der Waals surface area contributed by atoms with Gasteiger partial charge in [-0.25, -0.2) is 0 Å². The number of phenolic OH excluding ortho intramolecular Hbond substituents is 1. The molecule has 1 aromatic rings. The van der Waals surface area contributed by atoms with Crippen molar-refractivity contribution in [2.75, 3.05) is 6.54 Å². The van der Waals surface area contributed by atoms with Crippen LogP contribution in [0.1, 0.15) is 29.2 Å². The summed E-state index contributed by atoms with van der Waals surface area (Å²) in [6.45, 7) is 4.10. The van der Waals surface area contributed by atoms with Crippen LogP contribution in [0, 0.1) is 13.8 Å². The highest BCUT2D eigenvalue weighted by Gasteiger charge is 2.10. The first-order valence-electron chi connectivity index (χ1n) is 4.74. The third-order valence-electron chi connectivity index (χ3n) is 2.34. The van der Waals surface area contributed by atoms with Gasteiger partial charge in [-0.15, -0.1) is 0 Å². The van der Waals surface area contributed by atoms with Crippen molar-refractivity contribution >= 4 is 0 Å². The number of phenols is 1. The van der Waals surface area contributed by atoms with Crippen LogP contribution in [0.25, 0.3) is 0 Å². The molecule has 0 unspecified atom stereocenters. The zero-order valence-electron chi connectivity index (χ0n) is 8.62. The Morgan fingerprint density at radius 3 is 2.21 bits per heavy atom. The molecule has 0 aliphatic carbocycles. The van der Waals surface area contributed by atoms with Crippen LogP contribution in [-0.4, -0.2) is 16.8 Å². The number of nitrogens with two attached hydrogens (primary N) is 1. The van der Waals surface area contributed by atoms with E-state index in [0.29, 0.717) is 18.7 Å². The van der Waals surface area contributed by atoms with Crippen molar-refractivity contribution in [3.63, 3.8) is 0 Å². The lowest BCUT2D eigenvalue weighted by molar-refractivity contribution is 0.170. The number of aryl methyl sites for hydroxylation is 2. The summed E-state index contributed by atoms with van der Waals surface area (Å²) in [4.78, 5) is 0. The maximum absolute atomic E-state index is 9.70. The summed E-state index contributed by atoms with van der Waals surface area (Å²) in [5.74, 6) is 0.300. The molecular formula is C11H17NO2. The number of benzene rings is 1. The molecule has 1 atom stereocenters. The van der Waals surface area contributed by atoms with Crippen LogP contribution in [0.3, 0.4) is 0 Å².